The number of hydrogen-bond acceptors (Lipinski definition) is 15. The largest absolute Gasteiger partial charge is 0.472 e. The van der Waals surface area contributed by atoms with Gasteiger partial charge in [-0.1, -0.05) is 383 Å². The maximum Gasteiger partial charge on any atom is 0.472 e. The van der Waals surface area contributed by atoms with Crippen molar-refractivity contribution in [1.82, 2.24) is 0 Å². The quantitative estimate of drug-likeness (QED) is 0.0222. The van der Waals surface area contributed by atoms with Crippen LogP contribution < -0.4 is 0 Å². The highest BCUT2D eigenvalue weighted by atomic mass is 31.2. The molecule has 0 spiro atoms. The van der Waals surface area contributed by atoms with Crippen molar-refractivity contribution in [2.75, 3.05) is 39.6 Å². The molecule has 0 saturated heterocycles. The molecule has 0 aliphatic carbocycles. The number of carbonyl (C=O) groups is 4. The van der Waals surface area contributed by atoms with E-state index in [1.165, 1.54) is 238 Å². The highest BCUT2D eigenvalue weighted by Crippen LogP contribution is 2.45. The minimum Gasteiger partial charge on any atom is -0.462 e. The van der Waals surface area contributed by atoms with E-state index in [9.17, 15) is 43.2 Å². The van der Waals surface area contributed by atoms with E-state index in [4.69, 9.17) is 37.0 Å². The van der Waals surface area contributed by atoms with Gasteiger partial charge in [-0.2, -0.15) is 0 Å². The second-order valence-electron chi connectivity index (χ2n) is 31.9. The lowest BCUT2D eigenvalue weighted by molar-refractivity contribution is -0.161. The van der Waals surface area contributed by atoms with Crippen LogP contribution in [-0.4, -0.2) is 96.7 Å². The number of aliphatic hydroxyl groups excluding tert-OH is 1. The number of ether oxygens (including phenoxy) is 4. The smallest absolute Gasteiger partial charge is 0.462 e. The van der Waals surface area contributed by atoms with Gasteiger partial charge in [0, 0.05) is 25.7 Å². The van der Waals surface area contributed by atoms with E-state index in [-0.39, 0.29) is 25.7 Å². The first kappa shape index (κ1) is 101. The van der Waals surface area contributed by atoms with E-state index >= 15 is 0 Å². The molecule has 0 aliphatic rings. The van der Waals surface area contributed by atoms with E-state index in [2.05, 4.69) is 55.4 Å². The number of phosphoric acid groups is 2. The summed E-state index contributed by atoms with van der Waals surface area (Å²) in [5, 5.41) is 10.7. The molecule has 0 bridgehead atoms. The summed E-state index contributed by atoms with van der Waals surface area (Å²) in [7, 11) is -9.93. The summed E-state index contributed by atoms with van der Waals surface area (Å²) < 4.78 is 68.9. The Labute approximate surface area is 632 Å². The zero-order valence-electron chi connectivity index (χ0n) is 68.0. The lowest BCUT2D eigenvalue weighted by Crippen LogP contribution is -2.30. The third-order valence-electron chi connectivity index (χ3n) is 19.9. The van der Waals surface area contributed by atoms with Crippen LogP contribution >= 0.6 is 15.6 Å². The Hall–Kier alpha value is -1.94. The fourth-order valence-corrected chi connectivity index (χ4v) is 14.5. The summed E-state index contributed by atoms with van der Waals surface area (Å²) >= 11 is 0. The lowest BCUT2D eigenvalue weighted by Gasteiger charge is -2.21. The van der Waals surface area contributed by atoms with Gasteiger partial charge in [0.15, 0.2) is 12.2 Å². The minimum atomic E-state index is -4.97. The molecule has 612 valence electrons. The van der Waals surface area contributed by atoms with Crippen LogP contribution in [0.25, 0.3) is 0 Å². The van der Waals surface area contributed by atoms with Gasteiger partial charge in [0.25, 0.3) is 0 Å². The lowest BCUT2D eigenvalue weighted by atomic mass is 9.99. The van der Waals surface area contributed by atoms with Gasteiger partial charge in [-0.3, -0.25) is 37.3 Å². The molecule has 0 aromatic rings. The van der Waals surface area contributed by atoms with Crippen molar-refractivity contribution in [3.63, 3.8) is 0 Å². The number of unbranched alkanes of at least 4 members (excludes halogenated alkanes) is 46. The zero-order valence-corrected chi connectivity index (χ0v) is 69.7. The Morgan fingerprint density at radius 3 is 0.689 bits per heavy atom. The van der Waals surface area contributed by atoms with Crippen molar-refractivity contribution in [1.29, 1.82) is 0 Å². The standard InChI is InChI=1S/C84H164O17P2/c1-9-77(8)63-55-47-39-34-35-41-49-57-65-82(87)95-71-80(101-84(89)67-59-51-43-33-27-21-15-12-18-24-30-38-46-54-62-76(6)7)73-99-103(92,93)97-69-78(85)68-96-102(90,91)98-72-79(100-83(88)66-58-50-42-32-26-20-14-11-17-23-29-37-45-53-61-75(4)5)70-94-81(86)64-56-48-40-31-25-19-13-10-16-22-28-36-44-52-60-74(2)3/h74-80,85H,9-73H2,1-8H3,(H,90,91)(H,92,93)/t77?,78-,79-,80-/m1/s1. The molecule has 0 heterocycles. The van der Waals surface area contributed by atoms with Gasteiger partial charge in [-0.05, 0) is 49.4 Å². The van der Waals surface area contributed by atoms with E-state index in [0.717, 1.165) is 114 Å². The van der Waals surface area contributed by atoms with Gasteiger partial charge < -0.3 is 33.8 Å². The van der Waals surface area contributed by atoms with E-state index in [0.29, 0.717) is 25.7 Å². The van der Waals surface area contributed by atoms with Gasteiger partial charge in [0.2, 0.25) is 0 Å². The molecule has 6 atom stereocenters. The summed E-state index contributed by atoms with van der Waals surface area (Å²) in [5.74, 6) is 1.06. The van der Waals surface area contributed by atoms with Crippen molar-refractivity contribution >= 4 is 39.5 Å². The molecule has 0 aliphatic heterocycles. The Morgan fingerprint density at radius 1 is 0.272 bits per heavy atom. The molecule has 0 aromatic carbocycles. The number of carbonyl (C=O) groups excluding carboxylic acids is 4. The van der Waals surface area contributed by atoms with Gasteiger partial charge in [0.05, 0.1) is 26.4 Å². The van der Waals surface area contributed by atoms with Crippen LogP contribution in [-0.2, 0) is 65.4 Å². The highest BCUT2D eigenvalue weighted by molar-refractivity contribution is 7.47. The van der Waals surface area contributed by atoms with E-state index < -0.39 is 97.5 Å². The van der Waals surface area contributed by atoms with E-state index in [1.807, 2.05) is 0 Å². The Kier molecular flexibility index (Phi) is 71.5. The van der Waals surface area contributed by atoms with Crippen molar-refractivity contribution in [3.8, 4) is 0 Å². The second kappa shape index (κ2) is 72.9. The summed E-state index contributed by atoms with van der Waals surface area (Å²) in [5.41, 5.74) is 0. The Morgan fingerprint density at radius 2 is 0.466 bits per heavy atom. The predicted molar refractivity (Wildman–Crippen MR) is 423 cm³/mol. The number of rotatable bonds is 81. The van der Waals surface area contributed by atoms with Crippen LogP contribution in [0.2, 0.25) is 0 Å². The van der Waals surface area contributed by atoms with E-state index in [1.54, 1.807) is 0 Å². The first-order valence-electron chi connectivity index (χ1n) is 43.2. The number of phosphoric ester groups is 2. The molecule has 3 unspecified atom stereocenters. The molecule has 0 amide bonds. The molecule has 3 N–H and O–H groups in total. The molecule has 0 saturated carbocycles. The topological polar surface area (TPSA) is 237 Å². The second-order valence-corrected chi connectivity index (χ2v) is 34.8. The van der Waals surface area contributed by atoms with Crippen LogP contribution in [0.4, 0.5) is 0 Å². The molecule has 0 radical (unpaired) electrons. The first-order chi connectivity index (χ1) is 49.6. The van der Waals surface area contributed by atoms with Gasteiger partial charge in [0.1, 0.15) is 19.3 Å². The first-order valence-corrected chi connectivity index (χ1v) is 46.2. The molecule has 19 heteroatoms. The van der Waals surface area contributed by atoms with Gasteiger partial charge in [-0.25, -0.2) is 9.13 Å². The van der Waals surface area contributed by atoms with Crippen LogP contribution in [0.15, 0.2) is 0 Å². The third kappa shape index (κ3) is 76.6. The molecule has 0 aromatic heterocycles. The van der Waals surface area contributed by atoms with Gasteiger partial charge in [-0.15, -0.1) is 0 Å². The summed E-state index contributed by atoms with van der Waals surface area (Å²) in [6, 6.07) is 0. The van der Waals surface area contributed by atoms with Crippen LogP contribution in [0.1, 0.15) is 434 Å². The van der Waals surface area contributed by atoms with Crippen molar-refractivity contribution in [2.24, 2.45) is 23.7 Å². The SMILES string of the molecule is CCC(C)CCCCCCCCCCC(=O)OC[C@H](COP(=O)(O)OC[C@H](O)COP(=O)(O)OC[C@@H](COC(=O)CCCCCCCCCCCCCCCCC(C)C)OC(=O)CCCCCCCCCCCCCCCCC(C)C)OC(=O)CCCCCCCCCCCCCCCCC(C)C. The normalized spacial score (nSPS) is 14.2. The summed E-state index contributed by atoms with van der Waals surface area (Å²) in [6.45, 7) is 14.3. The maximum atomic E-state index is 13.1. The Balaban J connectivity index is 5.27. The average molecular weight is 1510 g/mol. The van der Waals surface area contributed by atoms with Crippen molar-refractivity contribution < 1.29 is 80.2 Å². The monoisotopic (exact) mass is 1510 g/mol. The fraction of sp³-hybridized carbons (Fsp3) is 0.952. The third-order valence-corrected chi connectivity index (χ3v) is 21.8. The fourth-order valence-electron chi connectivity index (χ4n) is 12.9. The predicted octanol–water partition coefficient (Wildman–Crippen LogP) is 25.2. The molecular formula is C84H164O17P2. The molecule has 0 rings (SSSR count). The van der Waals surface area contributed by atoms with Crippen molar-refractivity contribution in [3.05, 3.63) is 0 Å². The highest BCUT2D eigenvalue weighted by Gasteiger charge is 2.30. The minimum absolute atomic E-state index is 0.107. The molecule has 17 nitrogen and oxygen atoms in total. The number of esters is 4. The molecule has 103 heavy (non-hydrogen) atoms. The van der Waals surface area contributed by atoms with Crippen molar-refractivity contribution in [2.45, 2.75) is 453 Å². The number of aliphatic hydroxyl groups is 1. The molecule has 0 fully saturated rings. The summed E-state index contributed by atoms with van der Waals surface area (Å²) in [6.07, 6.45) is 60.9. The van der Waals surface area contributed by atoms with Crippen LogP contribution in [0.3, 0.4) is 0 Å². The average Bonchev–Trinajstić information content (AvgIpc) is 0.914. The zero-order chi connectivity index (χ0) is 76.0. The van der Waals surface area contributed by atoms with Gasteiger partial charge >= 0.3 is 39.5 Å². The molecular weight excluding hydrogens is 1340 g/mol. The Bertz CT molecular complexity index is 2010. The summed E-state index contributed by atoms with van der Waals surface area (Å²) in [4.78, 5) is 73.2. The maximum absolute atomic E-state index is 13.1. The van der Waals surface area contributed by atoms with Crippen LogP contribution in [0, 0.1) is 23.7 Å². The van der Waals surface area contributed by atoms with Crippen LogP contribution in [0.5, 0.6) is 0 Å². The number of hydrogen-bond donors (Lipinski definition) is 3.